The van der Waals surface area contributed by atoms with E-state index < -0.39 is 93.9 Å². The van der Waals surface area contributed by atoms with Crippen molar-refractivity contribution in [2.75, 3.05) is 39.6 Å². The van der Waals surface area contributed by atoms with E-state index in [0.29, 0.717) is 0 Å². The molecule has 0 aromatic carbocycles. The fraction of sp³-hybridized carbons (Fsp3) is 1.00. The summed E-state index contributed by atoms with van der Waals surface area (Å²) in [6, 6.07) is 0. The molecule has 2 fully saturated rings. The number of hydrogen-bond acceptors (Lipinski definition) is 14. The Kier molecular flexibility index (Phi) is 11.6. The van der Waals surface area contributed by atoms with Gasteiger partial charge >= 0.3 is 0 Å². The van der Waals surface area contributed by atoms with Crippen molar-refractivity contribution in [1.82, 2.24) is 0 Å². The summed E-state index contributed by atoms with van der Waals surface area (Å²) in [6.07, 6.45) is -15.1. The Morgan fingerprint density at radius 1 is 0.906 bits per heavy atom. The minimum atomic E-state index is -1.80. The Labute approximate surface area is 184 Å². The molecule has 9 N–H and O–H groups in total. The summed E-state index contributed by atoms with van der Waals surface area (Å²) in [5.41, 5.74) is 0. The molecule has 7 unspecified atom stereocenters. The highest BCUT2D eigenvalue weighted by Gasteiger charge is 2.43. The second-order valence-electron chi connectivity index (χ2n) is 7.66. The van der Waals surface area contributed by atoms with Crippen LogP contribution in [0.1, 0.15) is 6.42 Å². The molecule has 0 spiro atoms. The normalized spacial score (nSPS) is 38.9. The highest BCUT2D eigenvalue weighted by atomic mass is 16.7. The molecule has 2 aliphatic rings. The van der Waals surface area contributed by atoms with Gasteiger partial charge in [-0.1, -0.05) is 0 Å². The number of aliphatic hydroxyl groups is 9. The van der Waals surface area contributed by atoms with Crippen molar-refractivity contribution in [3.8, 4) is 0 Å². The molecule has 0 radical (unpaired) electrons. The zero-order chi connectivity index (χ0) is 23.8. The lowest BCUT2D eigenvalue weighted by Crippen LogP contribution is -2.58. The topological polar surface area (TPSA) is 228 Å². The SMILES string of the molecule is OCCO[C@H](O[C@@H]1C(CO)OCC(O)C1O)C(O)C(O)CO[C@H]1OC(CO)[C@@H](O)CC1O. The molecule has 0 amide bonds. The van der Waals surface area contributed by atoms with Gasteiger partial charge in [0.15, 0.2) is 12.6 Å². The molecular formula is C18H34O14. The monoisotopic (exact) mass is 474 g/mol. The van der Waals surface area contributed by atoms with Crippen LogP contribution in [-0.2, 0) is 23.7 Å². The molecule has 0 bridgehead atoms. The molecule has 190 valence electrons. The number of hydrogen-bond donors (Lipinski definition) is 9. The van der Waals surface area contributed by atoms with Gasteiger partial charge in [-0.3, -0.25) is 0 Å². The van der Waals surface area contributed by atoms with Crippen molar-refractivity contribution in [1.29, 1.82) is 0 Å². The molecule has 2 aliphatic heterocycles. The maximum Gasteiger partial charge on any atom is 0.186 e. The van der Waals surface area contributed by atoms with Gasteiger partial charge in [-0.25, -0.2) is 0 Å². The summed E-state index contributed by atoms with van der Waals surface area (Å²) in [5.74, 6) is 0. The van der Waals surface area contributed by atoms with Crippen LogP contribution >= 0.6 is 0 Å². The highest BCUT2D eigenvalue weighted by Crippen LogP contribution is 2.24. The molecule has 2 saturated heterocycles. The van der Waals surface area contributed by atoms with Gasteiger partial charge in [0.2, 0.25) is 0 Å². The van der Waals surface area contributed by atoms with Crippen molar-refractivity contribution in [2.45, 2.75) is 73.9 Å². The molecule has 0 aromatic rings. The molecule has 14 heteroatoms. The zero-order valence-corrected chi connectivity index (χ0v) is 17.4. The first kappa shape index (κ1) is 27.7. The molecule has 11 atom stereocenters. The standard InChI is InChI=1S/C18H34O14/c19-1-2-28-18(32-16-13(5-21)29-6-10(24)14(16)26)15(27)11(25)7-30-17-9(23)3-8(22)12(4-20)31-17/h8-27H,1-7H2/t8-,9?,10?,11?,12?,13?,14?,15?,16+,17-,18+/m0/s1. The Morgan fingerprint density at radius 2 is 1.59 bits per heavy atom. The molecule has 0 aliphatic carbocycles. The molecular weight excluding hydrogens is 440 g/mol. The molecule has 0 aromatic heterocycles. The van der Waals surface area contributed by atoms with Gasteiger partial charge in [0.05, 0.1) is 45.7 Å². The summed E-state index contributed by atoms with van der Waals surface area (Å²) in [5, 5.41) is 88.1. The number of rotatable bonds is 12. The fourth-order valence-corrected chi connectivity index (χ4v) is 3.37. The van der Waals surface area contributed by atoms with Crippen LogP contribution in [0, 0.1) is 0 Å². The van der Waals surface area contributed by atoms with Gasteiger partial charge in [-0.2, -0.15) is 0 Å². The van der Waals surface area contributed by atoms with Crippen LogP contribution in [0.15, 0.2) is 0 Å². The van der Waals surface area contributed by atoms with Gasteiger partial charge in [0.1, 0.15) is 48.8 Å². The van der Waals surface area contributed by atoms with E-state index >= 15 is 0 Å². The van der Waals surface area contributed by atoms with Crippen LogP contribution in [0.25, 0.3) is 0 Å². The van der Waals surface area contributed by atoms with Crippen LogP contribution < -0.4 is 0 Å². The molecule has 2 rings (SSSR count). The first-order chi connectivity index (χ1) is 15.2. The van der Waals surface area contributed by atoms with Crippen LogP contribution in [0.4, 0.5) is 0 Å². The molecule has 32 heavy (non-hydrogen) atoms. The summed E-state index contributed by atoms with van der Waals surface area (Å²) in [6.45, 7) is -2.70. The van der Waals surface area contributed by atoms with Gasteiger partial charge in [0, 0.05) is 6.42 Å². The quantitative estimate of drug-likeness (QED) is 0.120. The Balaban J connectivity index is 1.98. The molecule has 2 heterocycles. The van der Waals surface area contributed by atoms with E-state index in [1.54, 1.807) is 0 Å². The lowest BCUT2D eigenvalue weighted by atomic mass is 10.00. The predicted molar refractivity (Wildman–Crippen MR) is 101 cm³/mol. The maximum absolute atomic E-state index is 10.5. The Bertz CT molecular complexity index is 524. The van der Waals surface area contributed by atoms with Gasteiger partial charge in [0.25, 0.3) is 0 Å². The number of aliphatic hydroxyl groups excluding tert-OH is 9. The first-order valence-corrected chi connectivity index (χ1v) is 10.3. The van der Waals surface area contributed by atoms with E-state index in [1.807, 2.05) is 0 Å². The summed E-state index contributed by atoms with van der Waals surface area (Å²) in [4.78, 5) is 0. The van der Waals surface area contributed by atoms with Crippen molar-refractivity contribution in [3.05, 3.63) is 0 Å². The zero-order valence-electron chi connectivity index (χ0n) is 17.4. The average molecular weight is 474 g/mol. The van der Waals surface area contributed by atoms with Crippen molar-refractivity contribution < 1.29 is 69.6 Å². The fourth-order valence-electron chi connectivity index (χ4n) is 3.37. The largest absolute Gasteiger partial charge is 0.394 e. The number of ether oxygens (including phenoxy) is 5. The Hall–Kier alpha value is -0.560. The lowest BCUT2D eigenvalue weighted by molar-refractivity contribution is -0.302. The van der Waals surface area contributed by atoms with Crippen molar-refractivity contribution >= 4 is 0 Å². The van der Waals surface area contributed by atoms with Gasteiger partial charge < -0.3 is 69.6 Å². The first-order valence-electron chi connectivity index (χ1n) is 10.3. The third-order valence-electron chi connectivity index (χ3n) is 5.24. The predicted octanol–water partition coefficient (Wildman–Crippen LogP) is -5.61. The van der Waals surface area contributed by atoms with Gasteiger partial charge in [-0.15, -0.1) is 0 Å². The summed E-state index contributed by atoms with van der Waals surface area (Å²) < 4.78 is 26.4. The molecule has 14 nitrogen and oxygen atoms in total. The summed E-state index contributed by atoms with van der Waals surface area (Å²) in [7, 11) is 0. The van der Waals surface area contributed by atoms with E-state index in [1.165, 1.54) is 0 Å². The second-order valence-corrected chi connectivity index (χ2v) is 7.66. The van der Waals surface area contributed by atoms with E-state index in [-0.39, 0.29) is 19.6 Å². The Morgan fingerprint density at radius 3 is 2.22 bits per heavy atom. The minimum absolute atomic E-state index is 0.135. The molecule has 0 saturated carbocycles. The van der Waals surface area contributed by atoms with Gasteiger partial charge in [-0.05, 0) is 0 Å². The van der Waals surface area contributed by atoms with E-state index in [0.717, 1.165) is 0 Å². The van der Waals surface area contributed by atoms with E-state index in [9.17, 15) is 40.9 Å². The van der Waals surface area contributed by atoms with E-state index in [4.69, 9.17) is 28.8 Å². The lowest BCUT2D eigenvalue weighted by Gasteiger charge is -2.40. The van der Waals surface area contributed by atoms with Crippen LogP contribution in [0.2, 0.25) is 0 Å². The third kappa shape index (κ3) is 7.22. The minimum Gasteiger partial charge on any atom is -0.394 e. The van der Waals surface area contributed by atoms with Crippen LogP contribution in [-0.4, -0.2) is 153 Å². The van der Waals surface area contributed by atoms with Crippen molar-refractivity contribution in [2.24, 2.45) is 0 Å². The third-order valence-corrected chi connectivity index (χ3v) is 5.24. The highest BCUT2D eigenvalue weighted by molar-refractivity contribution is 4.89. The second kappa shape index (κ2) is 13.4. The average Bonchev–Trinajstić information content (AvgIpc) is 2.78. The van der Waals surface area contributed by atoms with E-state index in [2.05, 4.69) is 0 Å². The van der Waals surface area contributed by atoms with Crippen LogP contribution in [0.3, 0.4) is 0 Å². The van der Waals surface area contributed by atoms with Crippen molar-refractivity contribution in [3.63, 3.8) is 0 Å². The summed E-state index contributed by atoms with van der Waals surface area (Å²) >= 11 is 0. The van der Waals surface area contributed by atoms with Crippen LogP contribution in [0.5, 0.6) is 0 Å². The smallest absolute Gasteiger partial charge is 0.186 e. The maximum atomic E-state index is 10.5.